The number of amides is 1. The Morgan fingerprint density at radius 3 is 2.70 bits per heavy atom. The van der Waals surface area contributed by atoms with E-state index in [0.29, 0.717) is 23.8 Å². The second kappa shape index (κ2) is 9.41. The SMILES string of the molecule is COc1cc2c(cc1OC)[C@@H](c1ccccc1)N(C(=O)CSc1ncnc3sccc13)CC2. The van der Waals surface area contributed by atoms with E-state index in [1.54, 1.807) is 31.9 Å². The smallest absolute Gasteiger partial charge is 0.233 e. The van der Waals surface area contributed by atoms with Crippen molar-refractivity contribution >= 4 is 39.2 Å². The van der Waals surface area contributed by atoms with Crippen LogP contribution in [0.15, 0.2) is 65.3 Å². The van der Waals surface area contributed by atoms with Crippen LogP contribution < -0.4 is 9.47 Å². The molecule has 1 aliphatic rings. The van der Waals surface area contributed by atoms with Gasteiger partial charge >= 0.3 is 0 Å². The van der Waals surface area contributed by atoms with Gasteiger partial charge in [0.2, 0.25) is 5.91 Å². The number of thioether (sulfide) groups is 1. The van der Waals surface area contributed by atoms with E-state index in [-0.39, 0.29) is 11.9 Å². The first-order valence-corrected chi connectivity index (χ1v) is 12.5. The van der Waals surface area contributed by atoms with E-state index in [9.17, 15) is 4.79 Å². The van der Waals surface area contributed by atoms with E-state index in [4.69, 9.17) is 9.47 Å². The molecule has 8 heteroatoms. The molecule has 0 radical (unpaired) electrons. The Labute approximate surface area is 200 Å². The zero-order valence-electron chi connectivity index (χ0n) is 18.4. The van der Waals surface area contributed by atoms with Crippen LogP contribution in [0.3, 0.4) is 0 Å². The van der Waals surface area contributed by atoms with Crippen molar-refractivity contribution in [3.05, 3.63) is 76.9 Å². The maximum atomic E-state index is 13.5. The van der Waals surface area contributed by atoms with E-state index in [1.165, 1.54) is 17.3 Å². The van der Waals surface area contributed by atoms with Gasteiger partial charge in [0, 0.05) is 11.9 Å². The first kappa shape index (κ1) is 21.7. The van der Waals surface area contributed by atoms with Gasteiger partial charge in [-0.2, -0.15) is 0 Å². The Kier molecular flexibility index (Phi) is 6.20. The molecule has 168 valence electrons. The number of hydrogen-bond donors (Lipinski definition) is 0. The lowest BCUT2D eigenvalue weighted by atomic mass is 9.87. The predicted octanol–water partition coefficient (Wildman–Crippen LogP) is 4.97. The lowest BCUT2D eigenvalue weighted by molar-refractivity contribution is -0.130. The molecule has 0 aliphatic carbocycles. The molecule has 0 bridgehead atoms. The first-order valence-electron chi connectivity index (χ1n) is 10.6. The van der Waals surface area contributed by atoms with Crippen LogP contribution in [0.4, 0.5) is 0 Å². The summed E-state index contributed by atoms with van der Waals surface area (Å²) in [5.41, 5.74) is 3.32. The number of nitrogens with zero attached hydrogens (tertiary/aromatic N) is 3. The molecule has 0 saturated heterocycles. The maximum Gasteiger partial charge on any atom is 0.233 e. The number of carbonyl (C=O) groups is 1. The van der Waals surface area contributed by atoms with Crippen molar-refractivity contribution in [3.8, 4) is 11.5 Å². The molecule has 6 nitrogen and oxygen atoms in total. The third-order valence-corrected chi connectivity index (χ3v) is 7.68. The Hall–Kier alpha value is -3.10. The molecular weight excluding hydrogens is 454 g/mol. The summed E-state index contributed by atoms with van der Waals surface area (Å²) in [6.07, 6.45) is 2.33. The van der Waals surface area contributed by atoms with Gasteiger partial charge in [0.25, 0.3) is 0 Å². The quantitative estimate of drug-likeness (QED) is 0.288. The van der Waals surface area contributed by atoms with E-state index in [2.05, 4.69) is 22.1 Å². The van der Waals surface area contributed by atoms with E-state index in [1.807, 2.05) is 46.7 Å². The molecular formula is C25H23N3O3S2. The molecule has 0 fully saturated rings. The Bertz CT molecular complexity index is 1290. The fourth-order valence-corrected chi connectivity index (χ4v) is 5.97. The van der Waals surface area contributed by atoms with Gasteiger partial charge in [0.1, 0.15) is 16.2 Å². The molecule has 1 aliphatic heterocycles. The van der Waals surface area contributed by atoms with Crippen molar-refractivity contribution in [2.45, 2.75) is 17.5 Å². The minimum absolute atomic E-state index is 0.0799. The summed E-state index contributed by atoms with van der Waals surface area (Å²) < 4.78 is 11.1. The van der Waals surface area contributed by atoms with Crippen LogP contribution in [-0.4, -0.2) is 47.3 Å². The number of methoxy groups -OCH3 is 2. The van der Waals surface area contributed by atoms with Crippen LogP contribution in [0.1, 0.15) is 22.7 Å². The Balaban J connectivity index is 1.47. The van der Waals surface area contributed by atoms with Crippen LogP contribution in [0.5, 0.6) is 11.5 Å². The molecule has 1 amide bonds. The topological polar surface area (TPSA) is 64.6 Å². The minimum Gasteiger partial charge on any atom is -0.493 e. The summed E-state index contributed by atoms with van der Waals surface area (Å²) in [4.78, 5) is 25.2. The number of fused-ring (bicyclic) bond motifs is 2. The monoisotopic (exact) mass is 477 g/mol. The lowest BCUT2D eigenvalue weighted by Crippen LogP contribution is -2.41. The third-order valence-electron chi connectivity index (χ3n) is 5.87. The highest BCUT2D eigenvalue weighted by Crippen LogP contribution is 2.41. The van der Waals surface area contributed by atoms with Gasteiger partial charge in [-0.15, -0.1) is 11.3 Å². The Morgan fingerprint density at radius 1 is 1.12 bits per heavy atom. The summed E-state index contributed by atoms with van der Waals surface area (Å²) in [5.74, 6) is 1.77. The number of aromatic nitrogens is 2. The highest BCUT2D eigenvalue weighted by Gasteiger charge is 2.33. The molecule has 0 saturated carbocycles. The van der Waals surface area contributed by atoms with Gasteiger partial charge in [-0.25, -0.2) is 9.97 Å². The van der Waals surface area contributed by atoms with Crippen molar-refractivity contribution in [1.29, 1.82) is 0 Å². The molecule has 0 N–H and O–H groups in total. The van der Waals surface area contributed by atoms with Crippen LogP contribution in [0, 0.1) is 0 Å². The molecule has 0 spiro atoms. The van der Waals surface area contributed by atoms with Crippen molar-refractivity contribution in [2.75, 3.05) is 26.5 Å². The second-order valence-corrected chi connectivity index (χ2v) is 9.52. The van der Waals surface area contributed by atoms with E-state index >= 15 is 0 Å². The van der Waals surface area contributed by atoms with Crippen molar-refractivity contribution in [2.24, 2.45) is 0 Å². The van der Waals surface area contributed by atoms with Crippen molar-refractivity contribution < 1.29 is 14.3 Å². The molecule has 1 atom stereocenters. The summed E-state index contributed by atoms with van der Waals surface area (Å²) in [6, 6.07) is 16.0. The largest absolute Gasteiger partial charge is 0.493 e. The molecule has 5 rings (SSSR count). The fourth-order valence-electron chi connectivity index (χ4n) is 4.30. The summed E-state index contributed by atoms with van der Waals surface area (Å²) in [5, 5.41) is 3.84. The normalized spacial score (nSPS) is 15.3. The van der Waals surface area contributed by atoms with E-state index in [0.717, 1.165) is 32.8 Å². The Morgan fingerprint density at radius 2 is 1.91 bits per heavy atom. The number of rotatable bonds is 6. The van der Waals surface area contributed by atoms with Crippen LogP contribution >= 0.6 is 23.1 Å². The van der Waals surface area contributed by atoms with Crippen LogP contribution in [0.2, 0.25) is 0 Å². The fraction of sp³-hybridized carbons (Fsp3) is 0.240. The highest BCUT2D eigenvalue weighted by molar-refractivity contribution is 8.00. The molecule has 3 heterocycles. The molecule has 4 aromatic rings. The molecule has 2 aromatic heterocycles. The van der Waals surface area contributed by atoms with Crippen LogP contribution in [0.25, 0.3) is 10.2 Å². The minimum atomic E-state index is -0.186. The zero-order valence-corrected chi connectivity index (χ0v) is 20.0. The van der Waals surface area contributed by atoms with E-state index < -0.39 is 0 Å². The average Bonchev–Trinajstić information content (AvgIpc) is 3.35. The lowest BCUT2D eigenvalue weighted by Gasteiger charge is -2.38. The number of carbonyl (C=O) groups excluding carboxylic acids is 1. The predicted molar refractivity (Wildman–Crippen MR) is 131 cm³/mol. The number of ether oxygens (including phenoxy) is 2. The first-order chi connectivity index (χ1) is 16.2. The summed E-state index contributed by atoms with van der Waals surface area (Å²) in [6.45, 7) is 0.638. The van der Waals surface area contributed by atoms with Gasteiger partial charge in [0.15, 0.2) is 11.5 Å². The van der Waals surface area contributed by atoms with Crippen molar-refractivity contribution in [3.63, 3.8) is 0 Å². The van der Waals surface area contributed by atoms with Gasteiger partial charge < -0.3 is 14.4 Å². The number of thiophene rings is 1. The average molecular weight is 478 g/mol. The maximum absolute atomic E-state index is 13.5. The summed E-state index contributed by atoms with van der Waals surface area (Å²) in [7, 11) is 3.28. The van der Waals surface area contributed by atoms with Gasteiger partial charge in [-0.1, -0.05) is 42.1 Å². The number of hydrogen-bond acceptors (Lipinski definition) is 7. The number of benzene rings is 2. The van der Waals surface area contributed by atoms with Crippen molar-refractivity contribution in [1.82, 2.24) is 14.9 Å². The zero-order chi connectivity index (χ0) is 22.8. The van der Waals surface area contributed by atoms with Crippen LogP contribution in [-0.2, 0) is 11.2 Å². The molecule has 2 aromatic carbocycles. The van der Waals surface area contributed by atoms with Gasteiger partial charge in [0.05, 0.1) is 26.0 Å². The third kappa shape index (κ3) is 4.16. The molecule has 33 heavy (non-hydrogen) atoms. The summed E-state index contributed by atoms with van der Waals surface area (Å²) >= 11 is 3.05. The van der Waals surface area contributed by atoms with Gasteiger partial charge in [-0.05, 0) is 46.7 Å². The highest BCUT2D eigenvalue weighted by atomic mass is 32.2. The molecule has 0 unspecified atom stereocenters. The van der Waals surface area contributed by atoms with Gasteiger partial charge in [-0.3, -0.25) is 4.79 Å². The second-order valence-electron chi connectivity index (χ2n) is 7.66. The standard InChI is InChI=1S/C25H23N3O3S2/c1-30-20-12-17-8-10-28(22(29)14-33-25-18-9-11-32-24(18)26-15-27-25)23(16-6-4-3-5-7-16)19(17)13-21(20)31-2/h3-7,9,11-13,15,23H,8,10,14H2,1-2H3/t23-/m1/s1.